The number of carbonyl (C=O) groups excluding carboxylic acids is 1. The van der Waals surface area contributed by atoms with Crippen molar-refractivity contribution < 1.29 is 9.53 Å². The van der Waals surface area contributed by atoms with E-state index in [2.05, 4.69) is 10.3 Å². The molecule has 2 aromatic rings. The minimum absolute atomic E-state index is 0.0178. The zero-order valence-corrected chi connectivity index (χ0v) is 13.3. The smallest absolute Gasteiger partial charge is 0.224 e. The van der Waals surface area contributed by atoms with Crippen molar-refractivity contribution in [1.82, 2.24) is 4.98 Å². The lowest BCUT2D eigenvalue weighted by Crippen LogP contribution is -2.13. The van der Waals surface area contributed by atoms with Gasteiger partial charge in [-0.2, -0.15) is 0 Å². The molecule has 0 aliphatic rings. The normalized spacial score (nSPS) is 10.3. The summed E-state index contributed by atoms with van der Waals surface area (Å²) in [6.07, 6.45) is 2.78. The van der Waals surface area contributed by atoms with Crippen LogP contribution >= 0.6 is 0 Å². The predicted octanol–water partition coefficient (Wildman–Crippen LogP) is 3.80. The molecule has 0 aliphatic heterocycles. The van der Waals surface area contributed by atoms with Crippen LogP contribution in [-0.4, -0.2) is 17.5 Å². The van der Waals surface area contributed by atoms with Crippen LogP contribution in [0.25, 0.3) is 0 Å². The monoisotopic (exact) mass is 298 g/mol. The number of amides is 1. The van der Waals surface area contributed by atoms with Crippen LogP contribution in [0.5, 0.6) is 5.75 Å². The fourth-order valence-electron chi connectivity index (χ4n) is 2.20. The number of nitrogens with zero attached hydrogens (tertiary/aromatic N) is 1. The van der Waals surface area contributed by atoms with Crippen molar-refractivity contribution >= 4 is 11.6 Å². The van der Waals surface area contributed by atoms with E-state index in [1.165, 1.54) is 0 Å². The highest BCUT2D eigenvalue weighted by molar-refractivity contribution is 5.90. The molecule has 1 aromatic heterocycles. The second-order valence-electron chi connectivity index (χ2n) is 5.41. The molecule has 0 radical (unpaired) electrons. The molecular weight excluding hydrogens is 276 g/mol. The number of aryl methyl sites for hydroxylation is 3. The standard InChI is InChI=1S/C18H22N2O2/c1-13-6-4-7-14(2)18(13)22-11-5-8-17(21)20-16-10-9-15(3)19-12-16/h4,6-7,9-10,12H,5,8,11H2,1-3H3,(H,20,21). The van der Waals surface area contributed by atoms with Gasteiger partial charge in [0.2, 0.25) is 5.91 Å². The van der Waals surface area contributed by atoms with Gasteiger partial charge < -0.3 is 10.1 Å². The highest BCUT2D eigenvalue weighted by Gasteiger charge is 2.05. The van der Waals surface area contributed by atoms with Crippen LogP contribution in [0.1, 0.15) is 29.7 Å². The summed E-state index contributed by atoms with van der Waals surface area (Å²) < 4.78 is 5.79. The summed E-state index contributed by atoms with van der Waals surface area (Å²) >= 11 is 0. The molecule has 1 N–H and O–H groups in total. The van der Waals surface area contributed by atoms with Crippen LogP contribution in [0.4, 0.5) is 5.69 Å². The van der Waals surface area contributed by atoms with E-state index in [1.807, 2.05) is 51.1 Å². The molecule has 0 spiro atoms. The maximum Gasteiger partial charge on any atom is 0.224 e. The molecule has 1 aromatic carbocycles. The molecule has 4 heteroatoms. The lowest BCUT2D eigenvalue weighted by atomic mass is 10.1. The van der Waals surface area contributed by atoms with Crippen molar-refractivity contribution in [3.05, 3.63) is 53.3 Å². The number of carbonyl (C=O) groups is 1. The van der Waals surface area contributed by atoms with E-state index < -0.39 is 0 Å². The largest absolute Gasteiger partial charge is 0.493 e. The van der Waals surface area contributed by atoms with Gasteiger partial charge in [0.15, 0.2) is 0 Å². The van der Waals surface area contributed by atoms with Crippen LogP contribution in [0.2, 0.25) is 0 Å². The molecule has 1 heterocycles. The third-order valence-corrected chi connectivity index (χ3v) is 3.40. The number of para-hydroxylation sites is 1. The summed E-state index contributed by atoms with van der Waals surface area (Å²) in [5.41, 5.74) is 3.90. The fraction of sp³-hybridized carbons (Fsp3) is 0.333. The molecule has 22 heavy (non-hydrogen) atoms. The molecule has 0 bridgehead atoms. The number of nitrogens with one attached hydrogen (secondary N) is 1. The molecule has 116 valence electrons. The number of rotatable bonds is 6. The van der Waals surface area contributed by atoms with Gasteiger partial charge in [0.25, 0.3) is 0 Å². The first-order chi connectivity index (χ1) is 10.6. The zero-order valence-electron chi connectivity index (χ0n) is 13.3. The Kier molecular flexibility index (Phi) is 5.53. The number of pyridine rings is 1. The van der Waals surface area contributed by atoms with Gasteiger partial charge >= 0.3 is 0 Å². The average Bonchev–Trinajstić information content (AvgIpc) is 2.48. The van der Waals surface area contributed by atoms with E-state index in [9.17, 15) is 4.79 Å². The fourth-order valence-corrected chi connectivity index (χ4v) is 2.20. The first-order valence-corrected chi connectivity index (χ1v) is 7.48. The third kappa shape index (κ3) is 4.58. The van der Waals surface area contributed by atoms with Crippen molar-refractivity contribution in [2.75, 3.05) is 11.9 Å². The predicted molar refractivity (Wildman–Crippen MR) is 88.2 cm³/mol. The Hall–Kier alpha value is -2.36. The van der Waals surface area contributed by atoms with Crippen molar-refractivity contribution in [2.24, 2.45) is 0 Å². The highest BCUT2D eigenvalue weighted by Crippen LogP contribution is 2.22. The Labute approximate surface area is 131 Å². The SMILES string of the molecule is Cc1ccc(NC(=O)CCCOc2c(C)cccc2C)cn1. The molecule has 0 saturated heterocycles. The van der Waals surface area contributed by atoms with Crippen LogP contribution < -0.4 is 10.1 Å². The number of hydrogen-bond acceptors (Lipinski definition) is 3. The minimum atomic E-state index is -0.0178. The van der Waals surface area contributed by atoms with Gasteiger partial charge in [0.05, 0.1) is 18.5 Å². The molecule has 1 amide bonds. The number of ether oxygens (including phenoxy) is 1. The Bertz CT molecular complexity index is 616. The second kappa shape index (κ2) is 7.59. The summed E-state index contributed by atoms with van der Waals surface area (Å²) in [4.78, 5) is 16.0. The highest BCUT2D eigenvalue weighted by atomic mass is 16.5. The Morgan fingerprint density at radius 2 is 1.86 bits per heavy atom. The van der Waals surface area contributed by atoms with E-state index in [-0.39, 0.29) is 5.91 Å². The molecule has 0 saturated carbocycles. The van der Waals surface area contributed by atoms with Crippen molar-refractivity contribution in [3.63, 3.8) is 0 Å². The van der Waals surface area contributed by atoms with Crippen molar-refractivity contribution in [2.45, 2.75) is 33.6 Å². The van der Waals surface area contributed by atoms with E-state index in [4.69, 9.17) is 4.74 Å². The van der Waals surface area contributed by atoms with Crippen LogP contribution in [0.3, 0.4) is 0 Å². The summed E-state index contributed by atoms with van der Waals surface area (Å²) in [6.45, 7) is 6.50. The van der Waals surface area contributed by atoms with E-state index in [1.54, 1.807) is 6.20 Å². The summed E-state index contributed by atoms with van der Waals surface area (Å²) in [5.74, 6) is 0.904. The number of aromatic nitrogens is 1. The molecule has 0 aliphatic carbocycles. The van der Waals surface area contributed by atoms with Gasteiger partial charge in [0, 0.05) is 12.1 Å². The molecular formula is C18H22N2O2. The minimum Gasteiger partial charge on any atom is -0.493 e. The lowest BCUT2D eigenvalue weighted by molar-refractivity contribution is -0.116. The van der Waals surface area contributed by atoms with E-state index in [0.717, 1.165) is 28.3 Å². The Morgan fingerprint density at radius 3 is 2.50 bits per heavy atom. The Balaban J connectivity index is 1.74. The summed E-state index contributed by atoms with van der Waals surface area (Å²) in [6, 6.07) is 9.80. The maximum atomic E-state index is 11.8. The lowest BCUT2D eigenvalue weighted by Gasteiger charge is -2.11. The number of hydrogen-bond donors (Lipinski definition) is 1. The van der Waals surface area contributed by atoms with Gasteiger partial charge in [-0.1, -0.05) is 18.2 Å². The first-order valence-electron chi connectivity index (χ1n) is 7.48. The van der Waals surface area contributed by atoms with Crippen LogP contribution in [0.15, 0.2) is 36.5 Å². The van der Waals surface area contributed by atoms with Crippen LogP contribution in [-0.2, 0) is 4.79 Å². The van der Waals surface area contributed by atoms with Crippen molar-refractivity contribution in [3.8, 4) is 5.75 Å². The van der Waals surface area contributed by atoms with Crippen molar-refractivity contribution in [1.29, 1.82) is 0 Å². The maximum absolute atomic E-state index is 11.8. The molecule has 0 unspecified atom stereocenters. The van der Waals surface area contributed by atoms with E-state index in [0.29, 0.717) is 19.4 Å². The van der Waals surface area contributed by atoms with Gasteiger partial charge in [-0.05, 0) is 50.5 Å². The van der Waals surface area contributed by atoms with Gasteiger partial charge in [-0.25, -0.2) is 0 Å². The summed E-state index contributed by atoms with van der Waals surface area (Å²) in [7, 11) is 0. The van der Waals surface area contributed by atoms with Gasteiger partial charge in [-0.3, -0.25) is 9.78 Å². The van der Waals surface area contributed by atoms with E-state index >= 15 is 0 Å². The number of anilines is 1. The average molecular weight is 298 g/mol. The molecule has 0 fully saturated rings. The third-order valence-electron chi connectivity index (χ3n) is 3.40. The number of benzene rings is 1. The van der Waals surface area contributed by atoms with Gasteiger partial charge in [0.1, 0.15) is 5.75 Å². The molecule has 2 rings (SSSR count). The topological polar surface area (TPSA) is 51.2 Å². The molecule has 4 nitrogen and oxygen atoms in total. The first kappa shape index (κ1) is 16.0. The summed E-state index contributed by atoms with van der Waals surface area (Å²) in [5, 5.41) is 2.83. The van der Waals surface area contributed by atoms with Gasteiger partial charge in [-0.15, -0.1) is 0 Å². The van der Waals surface area contributed by atoms with Crippen LogP contribution in [0, 0.1) is 20.8 Å². The molecule has 0 atom stereocenters. The zero-order chi connectivity index (χ0) is 15.9. The second-order valence-corrected chi connectivity index (χ2v) is 5.41. The quantitative estimate of drug-likeness (QED) is 0.825. The Morgan fingerprint density at radius 1 is 1.14 bits per heavy atom.